The Hall–Kier alpha value is -4.34. The van der Waals surface area contributed by atoms with E-state index in [1.807, 2.05) is 53.1 Å². The summed E-state index contributed by atoms with van der Waals surface area (Å²) in [6.45, 7) is 2.56. The molecule has 10 nitrogen and oxygen atoms in total. The molecular weight excluding hydrogens is 408 g/mol. The quantitative estimate of drug-likeness (QED) is 0.408. The van der Waals surface area contributed by atoms with Crippen molar-refractivity contribution >= 4 is 11.6 Å². The van der Waals surface area contributed by atoms with E-state index in [-0.39, 0.29) is 5.56 Å². The highest BCUT2D eigenvalue weighted by molar-refractivity contribution is 5.94. The molecule has 0 fully saturated rings. The molecule has 32 heavy (non-hydrogen) atoms. The van der Waals surface area contributed by atoms with Gasteiger partial charge in [-0.05, 0) is 33.5 Å². The maximum atomic E-state index is 11.7. The number of aryl methyl sites for hydroxylation is 1. The van der Waals surface area contributed by atoms with Gasteiger partial charge < -0.3 is 9.67 Å². The van der Waals surface area contributed by atoms with Gasteiger partial charge in [-0.15, -0.1) is 14.8 Å². The van der Waals surface area contributed by atoms with Gasteiger partial charge >= 0.3 is 5.97 Å². The summed E-state index contributed by atoms with van der Waals surface area (Å²) in [7, 11) is 0. The summed E-state index contributed by atoms with van der Waals surface area (Å²) in [5.74, 6) is 0.403. The minimum atomic E-state index is -1.02. The Morgan fingerprint density at radius 1 is 1.09 bits per heavy atom. The van der Waals surface area contributed by atoms with Crippen molar-refractivity contribution in [3.05, 3.63) is 71.7 Å². The van der Waals surface area contributed by atoms with Gasteiger partial charge in [0.25, 0.3) is 0 Å². The molecular formula is C22H20N8O2. The monoisotopic (exact) mass is 428 g/mol. The van der Waals surface area contributed by atoms with E-state index in [9.17, 15) is 9.90 Å². The van der Waals surface area contributed by atoms with Crippen LogP contribution in [0.3, 0.4) is 0 Å². The lowest BCUT2D eigenvalue weighted by atomic mass is 9.98. The van der Waals surface area contributed by atoms with E-state index < -0.39 is 5.97 Å². The zero-order valence-electron chi connectivity index (χ0n) is 17.3. The number of nitrogens with one attached hydrogen (secondary N) is 1. The van der Waals surface area contributed by atoms with Crippen LogP contribution in [0.25, 0.3) is 28.2 Å². The summed E-state index contributed by atoms with van der Waals surface area (Å²) in [5.41, 5.74) is 4.62. The molecule has 0 unspecified atom stereocenters. The number of hydrogen-bond acceptors (Lipinski definition) is 6. The molecule has 0 amide bonds. The van der Waals surface area contributed by atoms with E-state index in [0.717, 1.165) is 40.9 Å². The molecule has 0 saturated heterocycles. The van der Waals surface area contributed by atoms with Gasteiger partial charge in [0, 0.05) is 12.0 Å². The maximum Gasteiger partial charge on any atom is 0.341 e. The largest absolute Gasteiger partial charge is 0.477 e. The number of hydrogen-bond donors (Lipinski definition) is 2. The van der Waals surface area contributed by atoms with Crippen LogP contribution in [0.4, 0.5) is 0 Å². The van der Waals surface area contributed by atoms with E-state index >= 15 is 0 Å². The first-order valence-electron chi connectivity index (χ1n) is 10.2. The molecule has 0 bridgehead atoms. The number of rotatable bonds is 7. The average molecular weight is 428 g/mol. The number of aromatic amines is 1. The molecule has 0 aliphatic heterocycles. The van der Waals surface area contributed by atoms with Crippen molar-refractivity contribution in [2.45, 2.75) is 26.3 Å². The number of carboxylic acid groups (broad SMARTS) is 1. The molecule has 0 aliphatic rings. The Balaban J connectivity index is 1.50. The number of carboxylic acids is 1. The standard InChI is InChI=1S/C22H20N8O2/c1-2-5-19-26-30-21(18(12-23-30)22(31)32)29(19)13-14-8-10-15(11-9-14)16-6-3-4-7-17(16)20-24-27-28-25-20/h3-4,6-12H,2,5,13H2,1H3,(H,31,32)(H,24,25,27,28). The summed E-state index contributed by atoms with van der Waals surface area (Å²) in [6, 6.07) is 16.1. The smallest absolute Gasteiger partial charge is 0.341 e. The van der Waals surface area contributed by atoms with Crippen molar-refractivity contribution in [3.63, 3.8) is 0 Å². The molecule has 5 rings (SSSR count). The maximum absolute atomic E-state index is 11.7. The third kappa shape index (κ3) is 3.41. The van der Waals surface area contributed by atoms with E-state index in [4.69, 9.17) is 0 Å². The number of benzene rings is 2. The molecule has 0 atom stereocenters. The van der Waals surface area contributed by atoms with Crippen LogP contribution < -0.4 is 0 Å². The SMILES string of the molecule is CCCc1nn2ncc(C(=O)O)c2n1Cc1ccc(-c2ccccc2-c2nnn[nH]2)cc1. The summed E-state index contributed by atoms with van der Waals surface area (Å²) in [4.78, 5) is 11.7. The lowest BCUT2D eigenvalue weighted by Crippen LogP contribution is -2.08. The van der Waals surface area contributed by atoms with Crippen LogP contribution in [0.15, 0.2) is 54.7 Å². The fraction of sp³-hybridized carbons (Fsp3) is 0.182. The van der Waals surface area contributed by atoms with Crippen molar-refractivity contribution in [1.82, 2.24) is 40.0 Å². The van der Waals surface area contributed by atoms with E-state index in [1.165, 1.54) is 10.8 Å². The highest BCUT2D eigenvalue weighted by Crippen LogP contribution is 2.30. The number of fused-ring (bicyclic) bond motifs is 1. The average Bonchev–Trinajstić information content (AvgIpc) is 3.53. The Kier molecular flexibility index (Phi) is 4.94. The Labute approximate surface area is 182 Å². The highest BCUT2D eigenvalue weighted by Gasteiger charge is 2.20. The second kappa shape index (κ2) is 8.06. The third-order valence-corrected chi connectivity index (χ3v) is 5.34. The zero-order valence-corrected chi connectivity index (χ0v) is 17.3. The molecule has 3 aromatic heterocycles. The van der Waals surface area contributed by atoms with Crippen molar-refractivity contribution < 1.29 is 9.90 Å². The van der Waals surface area contributed by atoms with Crippen molar-refractivity contribution in [2.75, 3.05) is 0 Å². The van der Waals surface area contributed by atoms with Gasteiger partial charge in [-0.1, -0.05) is 55.5 Å². The van der Waals surface area contributed by atoms with E-state index in [1.54, 1.807) is 0 Å². The lowest BCUT2D eigenvalue weighted by Gasteiger charge is -2.10. The molecule has 5 aromatic rings. The molecule has 10 heteroatoms. The Bertz CT molecular complexity index is 1380. The highest BCUT2D eigenvalue weighted by atomic mass is 16.4. The number of H-pyrrole nitrogens is 1. The molecule has 2 N–H and O–H groups in total. The van der Waals surface area contributed by atoms with Crippen LogP contribution in [0, 0.1) is 0 Å². The van der Waals surface area contributed by atoms with Gasteiger partial charge in [-0.3, -0.25) is 0 Å². The van der Waals surface area contributed by atoms with Crippen LogP contribution in [-0.2, 0) is 13.0 Å². The van der Waals surface area contributed by atoms with E-state index in [2.05, 4.69) is 37.7 Å². The van der Waals surface area contributed by atoms with Crippen LogP contribution in [0.2, 0.25) is 0 Å². The zero-order chi connectivity index (χ0) is 22.1. The molecule has 0 spiro atoms. The first kappa shape index (κ1) is 19.6. The normalized spacial score (nSPS) is 11.3. The molecule has 0 saturated carbocycles. The van der Waals surface area contributed by atoms with Gasteiger partial charge in [0.2, 0.25) is 0 Å². The predicted molar refractivity (Wildman–Crippen MR) is 116 cm³/mol. The van der Waals surface area contributed by atoms with Crippen LogP contribution in [-0.4, -0.2) is 51.1 Å². The minimum absolute atomic E-state index is 0.145. The second-order valence-electron chi connectivity index (χ2n) is 7.42. The number of aromatic carboxylic acids is 1. The first-order chi connectivity index (χ1) is 15.7. The van der Waals surface area contributed by atoms with Crippen molar-refractivity contribution in [1.29, 1.82) is 0 Å². The van der Waals surface area contributed by atoms with Crippen LogP contribution in [0.5, 0.6) is 0 Å². The third-order valence-electron chi connectivity index (χ3n) is 5.34. The minimum Gasteiger partial charge on any atom is -0.477 e. The topological polar surface area (TPSA) is 127 Å². The van der Waals surface area contributed by atoms with Gasteiger partial charge in [0.15, 0.2) is 11.5 Å². The summed E-state index contributed by atoms with van der Waals surface area (Å²) >= 11 is 0. The summed E-state index contributed by atoms with van der Waals surface area (Å²) < 4.78 is 3.34. The van der Waals surface area contributed by atoms with E-state index in [0.29, 0.717) is 18.0 Å². The molecule has 160 valence electrons. The fourth-order valence-electron chi connectivity index (χ4n) is 3.86. The van der Waals surface area contributed by atoms with Crippen LogP contribution in [0.1, 0.15) is 35.1 Å². The summed E-state index contributed by atoms with van der Waals surface area (Å²) in [6.07, 6.45) is 2.98. The van der Waals surface area contributed by atoms with Crippen molar-refractivity contribution in [2.24, 2.45) is 0 Å². The summed E-state index contributed by atoms with van der Waals surface area (Å²) in [5, 5.41) is 32.4. The fourth-order valence-corrected chi connectivity index (χ4v) is 3.86. The Morgan fingerprint density at radius 3 is 2.56 bits per heavy atom. The van der Waals surface area contributed by atoms with Gasteiger partial charge in [0.1, 0.15) is 11.4 Å². The van der Waals surface area contributed by atoms with Gasteiger partial charge in [-0.2, -0.15) is 5.10 Å². The second-order valence-corrected chi connectivity index (χ2v) is 7.42. The number of tetrazole rings is 1. The predicted octanol–water partition coefficient (Wildman–Crippen LogP) is 3.08. The van der Waals surface area contributed by atoms with Crippen LogP contribution >= 0.6 is 0 Å². The molecule has 3 heterocycles. The van der Waals surface area contributed by atoms with Gasteiger partial charge in [-0.25, -0.2) is 9.89 Å². The lowest BCUT2D eigenvalue weighted by molar-refractivity contribution is 0.0698. The number of aromatic nitrogens is 8. The molecule has 0 aliphatic carbocycles. The molecule has 2 aromatic carbocycles. The first-order valence-corrected chi connectivity index (χ1v) is 10.2. The number of carbonyl (C=O) groups is 1. The Morgan fingerprint density at radius 2 is 1.88 bits per heavy atom. The number of nitrogens with zero attached hydrogens (tertiary/aromatic N) is 7. The van der Waals surface area contributed by atoms with Crippen molar-refractivity contribution in [3.8, 4) is 22.5 Å². The van der Waals surface area contributed by atoms with Gasteiger partial charge in [0.05, 0.1) is 12.7 Å². The molecule has 0 radical (unpaired) electrons.